The zero-order valence-corrected chi connectivity index (χ0v) is 14.0. The van der Waals surface area contributed by atoms with Gasteiger partial charge < -0.3 is 5.32 Å². The first-order valence-electron chi connectivity index (χ1n) is 7.98. The third-order valence-corrected chi connectivity index (χ3v) is 4.20. The summed E-state index contributed by atoms with van der Waals surface area (Å²) >= 11 is 0. The Hall–Kier alpha value is -2.39. The van der Waals surface area contributed by atoms with E-state index in [0.717, 1.165) is 12.2 Å². The lowest BCUT2D eigenvalue weighted by Gasteiger charge is -2.19. The molecule has 118 valence electrons. The van der Waals surface area contributed by atoms with Crippen molar-refractivity contribution in [3.05, 3.63) is 88.7 Å². The summed E-state index contributed by atoms with van der Waals surface area (Å²) in [6.45, 7) is 4.94. The van der Waals surface area contributed by atoms with Crippen molar-refractivity contribution in [2.24, 2.45) is 7.05 Å². The molecule has 0 saturated heterocycles. The summed E-state index contributed by atoms with van der Waals surface area (Å²) in [7, 11) is 1.98. The molecule has 3 rings (SSSR count). The Morgan fingerprint density at radius 2 is 1.61 bits per heavy atom. The van der Waals surface area contributed by atoms with E-state index in [1.165, 1.54) is 22.4 Å². The van der Waals surface area contributed by atoms with E-state index in [2.05, 4.69) is 84.9 Å². The lowest BCUT2D eigenvalue weighted by molar-refractivity contribution is 0.588. The van der Waals surface area contributed by atoms with Gasteiger partial charge in [0.15, 0.2) is 0 Å². The average Bonchev–Trinajstić information content (AvgIpc) is 2.88. The highest BCUT2D eigenvalue weighted by atomic mass is 15.3. The maximum Gasteiger partial charge on any atom is 0.0765 e. The molecule has 0 saturated carbocycles. The molecule has 23 heavy (non-hydrogen) atoms. The van der Waals surface area contributed by atoms with Crippen LogP contribution in [0.2, 0.25) is 0 Å². The Morgan fingerprint density at radius 1 is 0.957 bits per heavy atom. The predicted octanol–water partition coefficient (Wildman–Crippen LogP) is 3.92. The fraction of sp³-hybridized carbons (Fsp3) is 0.250. The first-order chi connectivity index (χ1) is 11.1. The van der Waals surface area contributed by atoms with Crippen molar-refractivity contribution in [1.82, 2.24) is 15.1 Å². The quantitative estimate of drug-likeness (QED) is 0.774. The van der Waals surface area contributed by atoms with Gasteiger partial charge in [0, 0.05) is 19.3 Å². The first-order valence-corrected chi connectivity index (χ1v) is 7.98. The van der Waals surface area contributed by atoms with Gasteiger partial charge in [-0.15, -0.1) is 0 Å². The summed E-state index contributed by atoms with van der Waals surface area (Å²) in [6.07, 6.45) is 0. The topological polar surface area (TPSA) is 29.9 Å². The van der Waals surface area contributed by atoms with Gasteiger partial charge in [-0.05, 0) is 31.0 Å². The number of nitrogens with zero attached hydrogens (tertiary/aromatic N) is 2. The smallest absolute Gasteiger partial charge is 0.0765 e. The fourth-order valence-electron chi connectivity index (χ4n) is 2.76. The maximum atomic E-state index is 4.54. The Bertz CT molecular complexity index is 738. The van der Waals surface area contributed by atoms with Gasteiger partial charge in [0.05, 0.1) is 11.7 Å². The molecule has 0 aliphatic carbocycles. The molecular formula is C20H23N3. The molecule has 1 heterocycles. The van der Waals surface area contributed by atoms with E-state index in [9.17, 15) is 0 Å². The van der Waals surface area contributed by atoms with Gasteiger partial charge in [0.1, 0.15) is 0 Å². The SMILES string of the molecule is Cc1ccc([C@@H](NCc2cc(C)n(C)n2)c2ccccc2)cc1. The van der Waals surface area contributed by atoms with Gasteiger partial charge in [-0.3, -0.25) is 4.68 Å². The van der Waals surface area contributed by atoms with Gasteiger partial charge in [-0.2, -0.15) is 5.10 Å². The molecule has 1 N–H and O–H groups in total. The molecule has 0 aliphatic heterocycles. The molecule has 3 nitrogen and oxygen atoms in total. The van der Waals surface area contributed by atoms with E-state index in [1.807, 2.05) is 11.7 Å². The van der Waals surface area contributed by atoms with Crippen LogP contribution in [0.4, 0.5) is 0 Å². The van der Waals surface area contributed by atoms with Gasteiger partial charge >= 0.3 is 0 Å². The van der Waals surface area contributed by atoms with Gasteiger partial charge in [-0.25, -0.2) is 0 Å². The highest BCUT2D eigenvalue weighted by molar-refractivity contribution is 5.33. The largest absolute Gasteiger partial charge is 0.300 e. The zero-order chi connectivity index (χ0) is 16.2. The number of nitrogens with one attached hydrogen (secondary N) is 1. The normalized spacial score (nSPS) is 12.3. The van der Waals surface area contributed by atoms with Crippen LogP contribution in [-0.4, -0.2) is 9.78 Å². The third kappa shape index (κ3) is 3.69. The van der Waals surface area contributed by atoms with Crippen molar-refractivity contribution in [2.75, 3.05) is 0 Å². The number of hydrogen-bond acceptors (Lipinski definition) is 2. The van der Waals surface area contributed by atoms with E-state index in [-0.39, 0.29) is 6.04 Å². The minimum absolute atomic E-state index is 0.166. The van der Waals surface area contributed by atoms with Crippen LogP contribution < -0.4 is 5.32 Å². The first kappa shape index (κ1) is 15.5. The van der Waals surface area contributed by atoms with Crippen molar-refractivity contribution in [3.63, 3.8) is 0 Å². The van der Waals surface area contributed by atoms with Crippen molar-refractivity contribution in [2.45, 2.75) is 26.4 Å². The molecule has 3 aromatic rings. The van der Waals surface area contributed by atoms with E-state index in [4.69, 9.17) is 0 Å². The predicted molar refractivity (Wildman–Crippen MR) is 94.2 cm³/mol. The number of aryl methyl sites for hydroxylation is 3. The molecule has 0 bridgehead atoms. The Morgan fingerprint density at radius 3 is 2.22 bits per heavy atom. The number of benzene rings is 2. The van der Waals surface area contributed by atoms with Crippen LogP contribution in [0, 0.1) is 13.8 Å². The minimum atomic E-state index is 0.166. The summed E-state index contributed by atoms with van der Waals surface area (Å²) < 4.78 is 1.92. The molecule has 0 spiro atoms. The summed E-state index contributed by atoms with van der Waals surface area (Å²) in [5, 5.41) is 8.19. The molecule has 1 atom stereocenters. The molecule has 0 amide bonds. The fourth-order valence-corrected chi connectivity index (χ4v) is 2.76. The van der Waals surface area contributed by atoms with Gasteiger partial charge in [0.2, 0.25) is 0 Å². The molecule has 0 unspecified atom stereocenters. The molecule has 1 aromatic heterocycles. The number of aromatic nitrogens is 2. The molecular weight excluding hydrogens is 282 g/mol. The van der Waals surface area contributed by atoms with Crippen molar-refractivity contribution in [3.8, 4) is 0 Å². The lowest BCUT2D eigenvalue weighted by atomic mass is 9.98. The van der Waals surface area contributed by atoms with E-state index >= 15 is 0 Å². The molecule has 2 aromatic carbocycles. The number of hydrogen-bond donors (Lipinski definition) is 1. The van der Waals surface area contributed by atoms with E-state index in [1.54, 1.807) is 0 Å². The second-order valence-corrected chi connectivity index (χ2v) is 6.04. The van der Waals surface area contributed by atoms with E-state index in [0.29, 0.717) is 0 Å². The minimum Gasteiger partial charge on any atom is -0.300 e. The Kier molecular flexibility index (Phi) is 4.58. The van der Waals surface area contributed by atoms with Crippen LogP contribution >= 0.6 is 0 Å². The second kappa shape index (κ2) is 6.80. The van der Waals surface area contributed by atoms with Crippen LogP contribution in [0.5, 0.6) is 0 Å². The van der Waals surface area contributed by atoms with Crippen LogP contribution in [0.25, 0.3) is 0 Å². The van der Waals surface area contributed by atoms with Crippen LogP contribution in [0.3, 0.4) is 0 Å². The third-order valence-electron chi connectivity index (χ3n) is 4.20. The average molecular weight is 305 g/mol. The highest BCUT2D eigenvalue weighted by Gasteiger charge is 2.14. The summed E-state index contributed by atoms with van der Waals surface area (Å²) in [5.41, 5.74) is 6.06. The Labute approximate surface area is 138 Å². The number of rotatable bonds is 5. The van der Waals surface area contributed by atoms with Gasteiger partial charge in [-0.1, -0.05) is 60.2 Å². The maximum absolute atomic E-state index is 4.54. The van der Waals surface area contributed by atoms with Crippen LogP contribution in [0.1, 0.15) is 34.1 Å². The zero-order valence-electron chi connectivity index (χ0n) is 14.0. The van der Waals surface area contributed by atoms with Crippen LogP contribution in [0.15, 0.2) is 60.7 Å². The van der Waals surface area contributed by atoms with E-state index < -0.39 is 0 Å². The van der Waals surface area contributed by atoms with Crippen molar-refractivity contribution in [1.29, 1.82) is 0 Å². The standard InChI is InChI=1S/C20H23N3/c1-15-9-11-18(12-10-15)20(17-7-5-4-6-8-17)21-14-19-13-16(2)23(3)22-19/h4-13,20-21H,14H2,1-3H3/t20-/m0/s1. The van der Waals surface area contributed by atoms with Gasteiger partial charge in [0.25, 0.3) is 0 Å². The van der Waals surface area contributed by atoms with Crippen LogP contribution in [-0.2, 0) is 13.6 Å². The molecule has 0 fully saturated rings. The molecule has 3 heteroatoms. The summed E-state index contributed by atoms with van der Waals surface area (Å²) in [6, 6.07) is 21.6. The monoisotopic (exact) mass is 305 g/mol. The highest BCUT2D eigenvalue weighted by Crippen LogP contribution is 2.23. The van der Waals surface area contributed by atoms with Crippen molar-refractivity contribution < 1.29 is 0 Å². The second-order valence-electron chi connectivity index (χ2n) is 6.04. The summed E-state index contributed by atoms with van der Waals surface area (Å²) in [5.74, 6) is 0. The molecule has 0 radical (unpaired) electrons. The lowest BCUT2D eigenvalue weighted by Crippen LogP contribution is -2.22. The molecule has 0 aliphatic rings. The summed E-state index contributed by atoms with van der Waals surface area (Å²) in [4.78, 5) is 0. The Balaban J connectivity index is 1.84. The van der Waals surface area contributed by atoms with Crippen molar-refractivity contribution >= 4 is 0 Å².